The molecule has 0 amide bonds. The van der Waals surface area contributed by atoms with Crippen molar-refractivity contribution in [1.29, 1.82) is 0 Å². The van der Waals surface area contributed by atoms with Crippen molar-refractivity contribution in [3.8, 4) is 0 Å². The molecule has 1 fully saturated rings. The third kappa shape index (κ3) is 2.94. The highest BCUT2D eigenvalue weighted by Crippen LogP contribution is 2.43. The Bertz CT molecular complexity index is 1340. The predicted molar refractivity (Wildman–Crippen MR) is 127 cm³/mol. The van der Waals surface area contributed by atoms with Crippen LogP contribution in [0.3, 0.4) is 0 Å². The lowest BCUT2D eigenvalue weighted by atomic mass is 9.78. The topological polar surface area (TPSA) is 88.8 Å². The van der Waals surface area contributed by atoms with Gasteiger partial charge in [-0.05, 0) is 42.6 Å². The van der Waals surface area contributed by atoms with Gasteiger partial charge in [0, 0.05) is 24.7 Å². The fraction of sp³-hybridized carbons (Fsp3) is 0.269. The number of nitrogens with two attached hydrogens (primary N) is 1. The number of aliphatic imine (C=N–C) groups is 1. The molecule has 3 aliphatic rings. The Morgan fingerprint density at radius 2 is 1.94 bits per heavy atom. The summed E-state index contributed by atoms with van der Waals surface area (Å²) in [6.07, 6.45) is 14.1. The molecule has 0 bridgehead atoms. The van der Waals surface area contributed by atoms with Gasteiger partial charge in [-0.1, -0.05) is 48.6 Å². The number of hydrogen-bond donors (Lipinski definition) is 2. The Morgan fingerprint density at radius 1 is 1.12 bits per heavy atom. The molecule has 2 aliphatic carbocycles. The summed E-state index contributed by atoms with van der Waals surface area (Å²) in [5, 5.41) is 9.83. The van der Waals surface area contributed by atoms with E-state index < -0.39 is 0 Å². The van der Waals surface area contributed by atoms with Gasteiger partial charge in [0.1, 0.15) is 17.2 Å². The zero-order valence-corrected chi connectivity index (χ0v) is 17.9. The van der Waals surface area contributed by atoms with Crippen molar-refractivity contribution in [2.24, 2.45) is 4.99 Å². The molecule has 32 heavy (non-hydrogen) atoms. The number of benzene rings is 1. The summed E-state index contributed by atoms with van der Waals surface area (Å²) in [5.74, 6) is 1.66. The van der Waals surface area contributed by atoms with E-state index in [-0.39, 0.29) is 17.6 Å². The van der Waals surface area contributed by atoms with Crippen LogP contribution in [-0.2, 0) is 0 Å². The average molecular weight is 424 g/mol. The highest BCUT2D eigenvalue weighted by molar-refractivity contribution is 6.10. The number of hydrogen-bond acceptors (Lipinski definition) is 5. The first-order valence-electron chi connectivity index (χ1n) is 11.1. The molecule has 3 heterocycles. The van der Waals surface area contributed by atoms with Crippen LogP contribution in [0, 0.1) is 0 Å². The lowest BCUT2D eigenvalue weighted by molar-refractivity contribution is 0.0715. The maximum absolute atomic E-state index is 9.83. The molecule has 6 rings (SSSR count). The van der Waals surface area contributed by atoms with E-state index in [0.717, 1.165) is 53.1 Å². The number of aliphatic hydroxyl groups excluding tert-OH is 1. The summed E-state index contributed by atoms with van der Waals surface area (Å²) < 4.78 is 2.05. The molecule has 3 N–H and O–H groups in total. The highest BCUT2D eigenvalue weighted by atomic mass is 16.3. The van der Waals surface area contributed by atoms with E-state index in [1.54, 1.807) is 6.20 Å². The second-order valence-electron chi connectivity index (χ2n) is 9.13. The molecule has 6 heteroatoms. The van der Waals surface area contributed by atoms with Crippen LogP contribution in [0.2, 0.25) is 0 Å². The van der Waals surface area contributed by atoms with E-state index in [9.17, 15) is 5.11 Å². The van der Waals surface area contributed by atoms with E-state index in [1.165, 1.54) is 5.57 Å². The average Bonchev–Trinajstić information content (AvgIpc) is 3.17. The summed E-state index contributed by atoms with van der Waals surface area (Å²) in [6, 6.07) is 10.3. The van der Waals surface area contributed by atoms with Crippen molar-refractivity contribution in [2.75, 3.05) is 5.73 Å². The quantitative estimate of drug-likeness (QED) is 0.664. The number of nitrogen functional groups attached to an aromatic ring is 1. The molecule has 0 radical (unpaired) electrons. The van der Waals surface area contributed by atoms with Crippen molar-refractivity contribution < 1.29 is 5.11 Å². The summed E-state index contributed by atoms with van der Waals surface area (Å²) >= 11 is 0. The van der Waals surface area contributed by atoms with E-state index in [2.05, 4.69) is 52.7 Å². The second-order valence-corrected chi connectivity index (χ2v) is 9.13. The standard InChI is InChI=1S/C26H25N5O/c1-26-15-17(7-8-19(26)9-10-21(30-26)16-5-3-2-4-6-16)22-23-24(27)28-11-12-31(23)25(29-22)18-13-20(32)14-18/h2-12,18,20,32H,13-15H2,1H3,(H2,27,28). The van der Waals surface area contributed by atoms with Gasteiger partial charge >= 0.3 is 0 Å². The van der Waals surface area contributed by atoms with Crippen LogP contribution in [0.5, 0.6) is 0 Å². The monoisotopic (exact) mass is 423 g/mol. The minimum Gasteiger partial charge on any atom is -0.393 e. The number of aromatic nitrogens is 3. The zero-order valence-electron chi connectivity index (χ0n) is 17.9. The van der Waals surface area contributed by atoms with Gasteiger partial charge in [-0.25, -0.2) is 9.97 Å². The summed E-state index contributed by atoms with van der Waals surface area (Å²) in [6.45, 7) is 2.18. The smallest absolute Gasteiger partial charge is 0.150 e. The molecule has 2 aromatic heterocycles. The second kappa shape index (κ2) is 7.00. The molecular weight excluding hydrogens is 398 g/mol. The Morgan fingerprint density at radius 3 is 2.72 bits per heavy atom. The number of allylic oxidation sites excluding steroid dienone is 3. The number of rotatable bonds is 3. The van der Waals surface area contributed by atoms with E-state index in [4.69, 9.17) is 15.7 Å². The van der Waals surface area contributed by atoms with Gasteiger partial charge in [0.2, 0.25) is 0 Å². The van der Waals surface area contributed by atoms with Crippen LogP contribution in [0.4, 0.5) is 5.82 Å². The first-order valence-corrected chi connectivity index (χ1v) is 11.1. The molecule has 0 saturated heterocycles. The SMILES string of the molecule is CC12CC(c3nc(C4CC(O)C4)n4ccnc(N)c34)=CC=C1C=CC(c1ccccc1)=N2. The van der Waals surface area contributed by atoms with Gasteiger partial charge in [-0.2, -0.15) is 0 Å². The molecular formula is C26H25N5O. The van der Waals surface area contributed by atoms with E-state index in [1.807, 2.05) is 24.4 Å². The minimum absolute atomic E-state index is 0.235. The molecule has 1 aliphatic heterocycles. The van der Waals surface area contributed by atoms with Crippen LogP contribution in [0.15, 0.2) is 77.6 Å². The number of fused-ring (bicyclic) bond motifs is 2. The molecule has 1 aromatic carbocycles. The first kappa shape index (κ1) is 19.2. The van der Waals surface area contributed by atoms with Crippen LogP contribution >= 0.6 is 0 Å². The predicted octanol–water partition coefficient (Wildman–Crippen LogP) is 4.08. The number of aliphatic hydroxyl groups is 1. The normalized spacial score (nSPS) is 26.8. The fourth-order valence-corrected chi connectivity index (χ4v) is 5.04. The summed E-state index contributed by atoms with van der Waals surface area (Å²) in [5.41, 5.74) is 12.1. The van der Waals surface area contributed by atoms with Crippen molar-refractivity contribution in [2.45, 2.75) is 43.7 Å². The summed E-state index contributed by atoms with van der Waals surface area (Å²) in [4.78, 5) is 14.5. The molecule has 1 saturated carbocycles. The number of anilines is 1. The number of dihydropyridines is 1. The lowest BCUT2D eigenvalue weighted by Gasteiger charge is -2.34. The van der Waals surface area contributed by atoms with Crippen molar-refractivity contribution in [1.82, 2.24) is 14.4 Å². The van der Waals surface area contributed by atoms with Crippen LogP contribution in [-0.4, -0.2) is 36.8 Å². The number of nitrogens with zero attached hydrogens (tertiary/aromatic N) is 4. The van der Waals surface area contributed by atoms with E-state index in [0.29, 0.717) is 5.82 Å². The molecule has 1 atom stereocenters. The number of imidazole rings is 1. The lowest BCUT2D eigenvalue weighted by Crippen LogP contribution is -2.30. The van der Waals surface area contributed by atoms with E-state index >= 15 is 0 Å². The van der Waals surface area contributed by atoms with Gasteiger partial charge < -0.3 is 10.8 Å². The molecule has 0 spiro atoms. The fourth-order valence-electron chi connectivity index (χ4n) is 5.04. The van der Waals surface area contributed by atoms with Gasteiger partial charge in [-0.3, -0.25) is 9.39 Å². The maximum Gasteiger partial charge on any atom is 0.150 e. The van der Waals surface area contributed by atoms with Gasteiger partial charge in [0.15, 0.2) is 0 Å². The van der Waals surface area contributed by atoms with Crippen LogP contribution in [0.25, 0.3) is 11.1 Å². The Labute approximate surface area is 186 Å². The summed E-state index contributed by atoms with van der Waals surface area (Å²) in [7, 11) is 0. The largest absolute Gasteiger partial charge is 0.393 e. The van der Waals surface area contributed by atoms with Crippen LogP contribution in [0.1, 0.15) is 49.2 Å². The van der Waals surface area contributed by atoms with Gasteiger partial charge in [0.25, 0.3) is 0 Å². The maximum atomic E-state index is 9.83. The highest BCUT2D eigenvalue weighted by Gasteiger charge is 2.37. The van der Waals surface area contributed by atoms with Crippen molar-refractivity contribution in [3.63, 3.8) is 0 Å². The Hall–Kier alpha value is -3.51. The van der Waals surface area contributed by atoms with Crippen molar-refractivity contribution >= 4 is 22.6 Å². The van der Waals surface area contributed by atoms with Crippen LogP contribution < -0.4 is 5.73 Å². The minimum atomic E-state index is -0.371. The molecule has 1 unspecified atom stereocenters. The molecule has 3 aromatic rings. The first-order chi connectivity index (χ1) is 15.5. The third-order valence-electron chi connectivity index (χ3n) is 6.87. The third-order valence-corrected chi connectivity index (χ3v) is 6.87. The molecule has 160 valence electrons. The van der Waals surface area contributed by atoms with Gasteiger partial charge in [0.05, 0.1) is 23.0 Å². The Balaban J connectivity index is 1.43. The zero-order chi connectivity index (χ0) is 21.9. The van der Waals surface area contributed by atoms with Gasteiger partial charge in [-0.15, -0.1) is 0 Å². The molecule has 6 nitrogen and oxygen atoms in total. The van der Waals surface area contributed by atoms with Crippen molar-refractivity contribution in [3.05, 3.63) is 89.7 Å². The Kier molecular flexibility index (Phi) is 4.20.